The molecule has 19 heavy (non-hydrogen) atoms. The highest BCUT2D eigenvalue weighted by atomic mass is 16.3. The lowest BCUT2D eigenvalue weighted by atomic mass is 10.1. The molecule has 0 bridgehead atoms. The summed E-state index contributed by atoms with van der Waals surface area (Å²) < 4.78 is 0. The Morgan fingerprint density at radius 2 is 1.68 bits per heavy atom. The van der Waals surface area contributed by atoms with E-state index in [9.17, 15) is 4.79 Å². The lowest BCUT2D eigenvalue weighted by molar-refractivity contribution is 0.0615. The van der Waals surface area contributed by atoms with Crippen molar-refractivity contribution in [2.45, 2.75) is 6.61 Å². The summed E-state index contributed by atoms with van der Waals surface area (Å²) in [5.74, 6) is 0.0353. The second kappa shape index (κ2) is 6.65. The van der Waals surface area contributed by atoms with Crippen LogP contribution in [0.1, 0.15) is 15.9 Å². The van der Waals surface area contributed by atoms with Gasteiger partial charge in [-0.05, 0) is 17.7 Å². The number of carbonyl (C=O) groups is 1. The molecule has 1 amide bonds. The number of hydrogen-bond donors (Lipinski definition) is 2. The predicted octanol–water partition coefficient (Wildman–Crippen LogP) is -0.0710. The van der Waals surface area contributed by atoms with Crippen molar-refractivity contribution in [3.8, 4) is 0 Å². The lowest BCUT2D eigenvalue weighted by Crippen LogP contribution is -2.49. The van der Waals surface area contributed by atoms with E-state index >= 15 is 0 Å². The predicted molar refractivity (Wildman–Crippen MR) is 71.8 cm³/mol. The fourth-order valence-electron chi connectivity index (χ4n) is 2.25. The number of carbonyl (C=O) groups excluding carboxylic acids is 1. The minimum atomic E-state index is -0.00565. The molecule has 5 nitrogen and oxygen atoms in total. The van der Waals surface area contributed by atoms with E-state index in [1.165, 1.54) is 0 Å². The summed E-state index contributed by atoms with van der Waals surface area (Å²) in [5, 5.41) is 17.9. The van der Waals surface area contributed by atoms with E-state index in [0.29, 0.717) is 25.2 Å². The number of rotatable bonds is 4. The Labute approximate surface area is 113 Å². The van der Waals surface area contributed by atoms with Gasteiger partial charge in [0.05, 0.1) is 13.2 Å². The Hall–Kier alpha value is -1.43. The van der Waals surface area contributed by atoms with E-state index in [1.54, 1.807) is 24.3 Å². The summed E-state index contributed by atoms with van der Waals surface area (Å²) in [5.41, 5.74) is 1.47. The molecule has 5 heteroatoms. The maximum atomic E-state index is 12.3. The number of aliphatic hydroxyl groups is 2. The number of hydrogen-bond acceptors (Lipinski definition) is 4. The van der Waals surface area contributed by atoms with Crippen LogP contribution < -0.4 is 0 Å². The number of amides is 1. The third-order valence-electron chi connectivity index (χ3n) is 3.46. The molecule has 0 saturated carbocycles. The second-order valence-corrected chi connectivity index (χ2v) is 4.71. The van der Waals surface area contributed by atoms with Gasteiger partial charge >= 0.3 is 0 Å². The third-order valence-corrected chi connectivity index (χ3v) is 3.46. The first-order chi connectivity index (χ1) is 9.24. The smallest absolute Gasteiger partial charge is 0.253 e. The van der Waals surface area contributed by atoms with Gasteiger partial charge in [-0.25, -0.2) is 0 Å². The summed E-state index contributed by atoms with van der Waals surface area (Å²) in [6.45, 7) is 3.83. The average Bonchev–Trinajstić information content (AvgIpc) is 2.48. The van der Waals surface area contributed by atoms with Crippen LogP contribution in [0.25, 0.3) is 0 Å². The molecule has 0 spiro atoms. The molecule has 104 valence electrons. The van der Waals surface area contributed by atoms with Gasteiger partial charge in [-0.15, -0.1) is 0 Å². The van der Waals surface area contributed by atoms with E-state index in [2.05, 4.69) is 4.90 Å². The lowest BCUT2D eigenvalue weighted by Gasteiger charge is -2.34. The molecule has 1 fully saturated rings. The third kappa shape index (κ3) is 3.53. The summed E-state index contributed by atoms with van der Waals surface area (Å²) in [4.78, 5) is 16.2. The maximum Gasteiger partial charge on any atom is 0.253 e. The summed E-state index contributed by atoms with van der Waals surface area (Å²) in [6, 6.07) is 7.06. The molecule has 1 aromatic carbocycles. The highest BCUT2D eigenvalue weighted by molar-refractivity contribution is 5.94. The van der Waals surface area contributed by atoms with Crippen LogP contribution in [0.15, 0.2) is 24.3 Å². The fourth-order valence-corrected chi connectivity index (χ4v) is 2.25. The van der Waals surface area contributed by atoms with Gasteiger partial charge in [0.2, 0.25) is 0 Å². The van der Waals surface area contributed by atoms with E-state index in [1.807, 2.05) is 4.90 Å². The molecule has 1 aromatic rings. The zero-order valence-corrected chi connectivity index (χ0v) is 11.0. The first-order valence-corrected chi connectivity index (χ1v) is 6.57. The van der Waals surface area contributed by atoms with Crippen LogP contribution in [0.5, 0.6) is 0 Å². The average molecular weight is 264 g/mol. The highest BCUT2D eigenvalue weighted by Crippen LogP contribution is 2.10. The standard InChI is InChI=1S/C14H20N2O3/c17-10-9-15-5-7-16(8-6-15)14(19)13-3-1-12(11-18)2-4-13/h1-4,17-18H,5-11H2. The van der Waals surface area contributed by atoms with Gasteiger partial charge in [0, 0.05) is 38.3 Å². The summed E-state index contributed by atoms with van der Waals surface area (Å²) >= 11 is 0. The van der Waals surface area contributed by atoms with Crippen LogP contribution in [0, 0.1) is 0 Å². The number of aliphatic hydroxyl groups excluding tert-OH is 2. The molecule has 2 rings (SSSR count). The van der Waals surface area contributed by atoms with Crippen molar-refractivity contribution in [2.24, 2.45) is 0 Å². The van der Waals surface area contributed by atoms with Crippen LogP contribution in [0.4, 0.5) is 0 Å². The number of β-amino-alcohol motifs (C(OH)–C–C–N with tert-alkyl or cyclic N) is 1. The number of piperazine rings is 1. The number of nitrogens with zero attached hydrogens (tertiary/aromatic N) is 2. The number of benzene rings is 1. The normalized spacial score (nSPS) is 16.6. The maximum absolute atomic E-state index is 12.3. The zero-order valence-electron chi connectivity index (χ0n) is 11.0. The molecule has 0 aromatic heterocycles. The van der Waals surface area contributed by atoms with E-state index < -0.39 is 0 Å². The van der Waals surface area contributed by atoms with Crippen molar-refractivity contribution in [3.63, 3.8) is 0 Å². The van der Waals surface area contributed by atoms with Crippen molar-refractivity contribution in [1.82, 2.24) is 9.80 Å². The minimum absolute atomic E-state index is 0.00565. The van der Waals surface area contributed by atoms with E-state index in [4.69, 9.17) is 10.2 Å². The Bertz CT molecular complexity index is 411. The molecule has 1 heterocycles. The van der Waals surface area contributed by atoms with Gasteiger partial charge < -0.3 is 15.1 Å². The molecular formula is C14H20N2O3. The highest BCUT2D eigenvalue weighted by Gasteiger charge is 2.21. The van der Waals surface area contributed by atoms with Crippen molar-refractivity contribution in [1.29, 1.82) is 0 Å². The summed E-state index contributed by atoms with van der Waals surface area (Å²) in [7, 11) is 0. The molecule has 0 atom stereocenters. The van der Waals surface area contributed by atoms with Crippen LogP contribution in [-0.2, 0) is 6.61 Å². The van der Waals surface area contributed by atoms with Crippen molar-refractivity contribution >= 4 is 5.91 Å². The quantitative estimate of drug-likeness (QED) is 0.799. The van der Waals surface area contributed by atoms with Crippen molar-refractivity contribution in [2.75, 3.05) is 39.3 Å². The van der Waals surface area contributed by atoms with Gasteiger partial charge in [-0.1, -0.05) is 12.1 Å². The monoisotopic (exact) mass is 264 g/mol. The topological polar surface area (TPSA) is 64.0 Å². The molecule has 0 radical (unpaired) electrons. The van der Waals surface area contributed by atoms with Crippen LogP contribution in [-0.4, -0.2) is 65.3 Å². The second-order valence-electron chi connectivity index (χ2n) is 4.71. The molecule has 1 aliphatic heterocycles. The molecule has 0 unspecified atom stereocenters. The molecule has 0 aliphatic carbocycles. The fraction of sp³-hybridized carbons (Fsp3) is 0.500. The van der Waals surface area contributed by atoms with E-state index in [-0.39, 0.29) is 19.1 Å². The van der Waals surface area contributed by atoms with Crippen LogP contribution in [0.3, 0.4) is 0 Å². The Kier molecular flexibility index (Phi) is 4.90. The van der Waals surface area contributed by atoms with Crippen LogP contribution >= 0.6 is 0 Å². The van der Waals surface area contributed by atoms with Gasteiger partial charge in [0.15, 0.2) is 0 Å². The minimum Gasteiger partial charge on any atom is -0.395 e. The Morgan fingerprint density at radius 1 is 1.05 bits per heavy atom. The Morgan fingerprint density at radius 3 is 2.21 bits per heavy atom. The Balaban J connectivity index is 1.93. The van der Waals surface area contributed by atoms with Gasteiger partial charge in [0.1, 0.15) is 0 Å². The summed E-state index contributed by atoms with van der Waals surface area (Å²) in [6.07, 6.45) is 0. The van der Waals surface area contributed by atoms with Crippen molar-refractivity contribution in [3.05, 3.63) is 35.4 Å². The zero-order chi connectivity index (χ0) is 13.7. The van der Waals surface area contributed by atoms with Gasteiger partial charge in [-0.2, -0.15) is 0 Å². The molecule has 2 N–H and O–H groups in total. The van der Waals surface area contributed by atoms with Gasteiger partial charge in [-0.3, -0.25) is 9.69 Å². The van der Waals surface area contributed by atoms with Gasteiger partial charge in [0.25, 0.3) is 5.91 Å². The molecular weight excluding hydrogens is 244 g/mol. The molecule has 1 saturated heterocycles. The van der Waals surface area contributed by atoms with E-state index in [0.717, 1.165) is 18.7 Å². The molecule has 1 aliphatic rings. The largest absolute Gasteiger partial charge is 0.395 e. The first kappa shape index (κ1) is 14.0. The first-order valence-electron chi connectivity index (χ1n) is 6.57. The SMILES string of the molecule is O=C(c1ccc(CO)cc1)N1CCN(CCO)CC1. The van der Waals surface area contributed by atoms with Crippen LogP contribution in [0.2, 0.25) is 0 Å². The van der Waals surface area contributed by atoms with Crippen molar-refractivity contribution < 1.29 is 15.0 Å².